The van der Waals surface area contributed by atoms with E-state index in [1.165, 1.54) is 43.7 Å². The van der Waals surface area contributed by atoms with E-state index in [1.54, 1.807) is 0 Å². The lowest BCUT2D eigenvalue weighted by atomic mass is 10.0. The Bertz CT molecular complexity index is 1840. The van der Waals surface area contributed by atoms with Crippen LogP contribution in [0, 0.1) is 0 Å². The Morgan fingerprint density at radius 2 is 1.20 bits per heavy atom. The van der Waals surface area contributed by atoms with Crippen LogP contribution in [0.25, 0.3) is 60.6 Å². The normalized spacial score (nSPS) is 11.4. The lowest BCUT2D eigenvalue weighted by molar-refractivity contribution is 1.18. The molecule has 0 bridgehead atoms. The summed E-state index contributed by atoms with van der Waals surface area (Å²) in [6.45, 7) is 0. The number of nitrogens with zero attached hydrogens (tertiary/aromatic N) is 2. The molecule has 0 radical (unpaired) electrons. The van der Waals surface area contributed by atoms with Crippen molar-refractivity contribution < 1.29 is 0 Å². The minimum absolute atomic E-state index is 1.01. The van der Waals surface area contributed by atoms with Crippen LogP contribution in [0.4, 0.5) is 0 Å². The smallest absolute Gasteiger partial charge is 0.0781 e. The molecule has 0 aliphatic heterocycles. The Hall–Kier alpha value is -4.69. The SMILES string of the molecule is c1ccc(-c2ccc3c(c2)c2ccccc2n3-c2cccc(-c3nccc4ccccc34)c2)cc1. The summed E-state index contributed by atoms with van der Waals surface area (Å²) in [5, 5.41) is 4.89. The number of aromatic nitrogens is 2. The van der Waals surface area contributed by atoms with Crippen molar-refractivity contribution in [1.82, 2.24) is 9.55 Å². The molecular weight excluding hydrogens is 424 g/mol. The van der Waals surface area contributed by atoms with E-state index in [0.29, 0.717) is 0 Å². The van der Waals surface area contributed by atoms with Crippen molar-refractivity contribution in [1.29, 1.82) is 0 Å². The highest BCUT2D eigenvalue weighted by molar-refractivity contribution is 6.10. The zero-order chi connectivity index (χ0) is 23.2. The van der Waals surface area contributed by atoms with Crippen LogP contribution < -0.4 is 0 Å². The van der Waals surface area contributed by atoms with E-state index in [4.69, 9.17) is 4.98 Å². The Labute approximate surface area is 203 Å². The van der Waals surface area contributed by atoms with E-state index in [9.17, 15) is 0 Å². The van der Waals surface area contributed by atoms with E-state index < -0.39 is 0 Å². The molecule has 0 aliphatic rings. The molecule has 0 atom stereocenters. The van der Waals surface area contributed by atoms with Crippen LogP contribution in [0.1, 0.15) is 0 Å². The maximum Gasteiger partial charge on any atom is 0.0781 e. The van der Waals surface area contributed by atoms with Gasteiger partial charge in [0.15, 0.2) is 0 Å². The number of para-hydroxylation sites is 1. The van der Waals surface area contributed by atoms with Gasteiger partial charge < -0.3 is 4.57 Å². The molecule has 0 spiro atoms. The van der Waals surface area contributed by atoms with Crippen molar-refractivity contribution in [2.45, 2.75) is 0 Å². The second-order valence-electron chi connectivity index (χ2n) is 8.88. The van der Waals surface area contributed by atoms with Crippen LogP contribution in [0.2, 0.25) is 0 Å². The highest BCUT2D eigenvalue weighted by atomic mass is 15.0. The average Bonchev–Trinajstić information content (AvgIpc) is 3.27. The number of rotatable bonds is 3. The standard InChI is InChI=1S/C33H22N2/c1-2-9-23(10-3-1)25-17-18-32-30(22-25)29-15-6-7-16-31(29)35(32)27-13-8-12-26(21-27)33-28-14-5-4-11-24(28)19-20-34-33/h1-22H. The van der Waals surface area contributed by atoms with Crippen molar-refractivity contribution in [3.63, 3.8) is 0 Å². The van der Waals surface area contributed by atoms with Crippen molar-refractivity contribution >= 4 is 32.6 Å². The molecule has 35 heavy (non-hydrogen) atoms. The Balaban J connectivity index is 1.46. The van der Waals surface area contributed by atoms with Gasteiger partial charge in [0.05, 0.1) is 16.7 Å². The summed E-state index contributed by atoms with van der Waals surface area (Å²) >= 11 is 0. The molecule has 2 aromatic heterocycles. The zero-order valence-corrected chi connectivity index (χ0v) is 19.1. The Morgan fingerprint density at radius 1 is 0.457 bits per heavy atom. The third-order valence-corrected chi connectivity index (χ3v) is 6.83. The molecular formula is C33H22N2. The minimum atomic E-state index is 1.01. The van der Waals surface area contributed by atoms with Crippen molar-refractivity contribution in [2.24, 2.45) is 0 Å². The van der Waals surface area contributed by atoms with Gasteiger partial charge in [0, 0.05) is 33.6 Å². The fourth-order valence-corrected chi connectivity index (χ4v) is 5.20. The molecule has 0 N–H and O–H groups in total. The quantitative estimate of drug-likeness (QED) is 0.265. The van der Waals surface area contributed by atoms with Gasteiger partial charge in [-0.25, -0.2) is 0 Å². The third kappa shape index (κ3) is 3.23. The van der Waals surface area contributed by atoms with Crippen LogP contribution in [-0.4, -0.2) is 9.55 Å². The largest absolute Gasteiger partial charge is 0.309 e. The van der Waals surface area contributed by atoms with Crippen molar-refractivity contribution in [3.8, 4) is 28.1 Å². The van der Waals surface area contributed by atoms with Crippen molar-refractivity contribution in [3.05, 3.63) is 134 Å². The van der Waals surface area contributed by atoms with Crippen LogP contribution >= 0.6 is 0 Å². The first-order valence-electron chi connectivity index (χ1n) is 11.9. The van der Waals surface area contributed by atoms with Gasteiger partial charge in [-0.15, -0.1) is 0 Å². The average molecular weight is 447 g/mol. The van der Waals surface area contributed by atoms with Crippen LogP contribution in [-0.2, 0) is 0 Å². The van der Waals surface area contributed by atoms with Crippen molar-refractivity contribution in [2.75, 3.05) is 0 Å². The summed E-state index contributed by atoms with van der Waals surface area (Å²) in [5.41, 5.74) is 8.13. The van der Waals surface area contributed by atoms with Gasteiger partial charge in [-0.05, 0) is 52.9 Å². The molecule has 2 heterocycles. The first kappa shape index (κ1) is 19.7. The first-order valence-corrected chi connectivity index (χ1v) is 11.9. The second-order valence-corrected chi connectivity index (χ2v) is 8.88. The minimum Gasteiger partial charge on any atom is -0.309 e. The molecule has 0 saturated heterocycles. The molecule has 7 rings (SSSR count). The van der Waals surface area contributed by atoms with E-state index in [2.05, 4.69) is 132 Å². The lowest BCUT2D eigenvalue weighted by Crippen LogP contribution is -1.95. The summed E-state index contributed by atoms with van der Waals surface area (Å²) in [4.78, 5) is 4.76. The number of hydrogen-bond donors (Lipinski definition) is 0. The summed E-state index contributed by atoms with van der Waals surface area (Å²) in [7, 11) is 0. The molecule has 0 amide bonds. The Morgan fingerprint density at radius 3 is 2.11 bits per heavy atom. The van der Waals surface area contributed by atoms with Crippen LogP contribution in [0.5, 0.6) is 0 Å². The summed E-state index contributed by atoms with van der Waals surface area (Å²) in [6, 6.07) is 45.3. The van der Waals surface area contributed by atoms with Crippen LogP contribution in [0.15, 0.2) is 134 Å². The van der Waals surface area contributed by atoms with Gasteiger partial charge in [0.25, 0.3) is 0 Å². The van der Waals surface area contributed by atoms with Gasteiger partial charge in [-0.3, -0.25) is 4.98 Å². The van der Waals surface area contributed by atoms with E-state index in [0.717, 1.165) is 16.9 Å². The fourth-order valence-electron chi connectivity index (χ4n) is 5.20. The molecule has 164 valence electrons. The van der Waals surface area contributed by atoms with Gasteiger partial charge >= 0.3 is 0 Å². The van der Waals surface area contributed by atoms with E-state index in [-0.39, 0.29) is 0 Å². The van der Waals surface area contributed by atoms with Gasteiger partial charge in [-0.1, -0.05) is 91.0 Å². The molecule has 0 fully saturated rings. The maximum absolute atomic E-state index is 4.76. The number of fused-ring (bicyclic) bond motifs is 4. The predicted octanol–water partition coefficient (Wildman–Crippen LogP) is 8.67. The van der Waals surface area contributed by atoms with Gasteiger partial charge in [-0.2, -0.15) is 0 Å². The molecule has 2 nitrogen and oxygen atoms in total. The lowest BCUT2D eigenvalue weighted by Gasteiger charge is -2.11. The molecule has 7 aromatic rings. The van der Waals surface area contributed by atoms with E-state index >= 15 is 0 Å². The molecule has 5 aromatic carbocycles. The number of hydrogen-bond acceptors (Lipinski definition) is 1. The second kappa shape index (κ2) is 7.96. The number of benzene rings is 5. The van der Waals surface area contributed by atoms with Gasteiger partial charge in [0.1, 0.15) is 0 Å². The summed E-state index contributed by atoms with van der Waals surface area (Å²) < 4.78 is 2.37. The highest BCUT2D eigenvalue weighted by Gasteiger charge is 2.14. The molecule has 2 heteroatoms. The maximum atomic E-state index is 4.76. The first-order chi connectivity index (χ1) is 17.4. The third-order valence-electron chi connectivity index (χ3n) is 6.83. The fraction of sp³-hybridized carbons (Fsp3) is 0. The van der Waals surface area contributed by atoms with Gasteiger partial charge in [0.2, 0.25) is 0 Å². The topological polar surface area (TPSA) is 17.8 Å². The molecule has 0 saturated carbocycles. The molecule has 0 aliphatic carbocycles. The van der Waals surface area contributed by atoms with Crippen LogP contribution in [0.3, 0.4) is 0 Å². The summed E-state index contributed by atoms with van der Waals surface area (Å²) in [6.07, 6.45) is 1.90. The Kier molecular flexibility index (Phi) is 4.49. The number of pyridine rings is 1. The highest BCUT2D eigenvalue weighted by Crippen LogP contribution is 2.36. The van der Waals surface area contributed by atoms with E-state index in [1.807, 2.05) is 6.20 Å². The monoisotopic (exact) mass is 446 g/mol. The summed E-state index contributed by atoms with van der Waals surface area (Å²) in [5.74, 6) is 0. The molecule has 0 unspecified atom stereocenters. The predicted molar refractivity (Wildman–Crippen MR) is 147 cm³/mol. The zero-order valence-electron chi connectivity index (χ0n) is 19.1.